The van der Waals surface area contributed by atoms with E-state index in [1.165, 1.54) is 11.8 Å². The summed E-state index contributed by atoms with van der Waals surface area (Å²) in [5, 5.41) is 10.5. The molecule has 10 heteroatoms. The predicted octanol–water partition coefficient (Wildman–Crippen LogP) is 6.49. The standard InChI is InChI=1S/C28H24Cl2N4O3S/c1-16-3-10-20(13-22(16)30)31-26(35)15-25-27(36)32-28(38-25)34-24(18-6-11-21(37-2)12-7-18)14-23(33-34)17-4-8-19(29)9-5-17/h3-13,24-25H,14-15H2,1-2H3,(H,31,35). The number of nitrogens with one attached hydrogen (secondary N) is 1. The monoisotopic (exact) mass is 566 g/mol. The maximum absolute atomic E-state index is 12.8. The van der Waals surface area contributed by atoms with Crippen LogP contribution >= 0.6 is 35.0 Å². The first kappa shape index (κ1) is 26.3. The molecule has 0 radical (unpaired) electrons. The van der Waals surface area contributed by atoms with Crippen LogP contribution in [0.1, 0.15) is 35.6 Å². The number of thioether (sulfide) groups is 1. The van der Waals surface area contributed by atoms with E-state index in [-0.39, 0.29) is 24.3 Å². The number of hydrogen-bond acceptors (Lipinski definition) is 6. The molecule has 0 aromatic heterocycles. The molecule has 0 saturated carbocycles. The molecule has 2 heterocycles. The second kappa shape index (κ2) is 11.2. The molecule has 1 N–H and O–H groups in total. The van der Waals surface area contributed by atoms with Crippen molar-refractivity contribution in [2.75, 3.05) is 12.4 Å². The fraction of sp³-hybridized carbons (Fsp3) is 0.214. The van der Waals surface area contributed by atoms with Crippen molar-refractivity contribution >= 4 is 63.3 Å². The van der Waals surface area contributed by atoms with E-state index in [0.29, 0.717) is 27.3 Å². The Labute approximate surface area is 234 Å². The Bertz CT molecular complexity index is 1440. The zero-order valence-corrected chi connectivity index (χ0v) is 23.0. The van der Waals surface area contributed by atoms with Gasteiger partial charge in [0.15, 0.2) is 5.17 Å². The summed E-state index contributed by atoms with van der Waals surface area (Å²) in [6.45, 7) is 1.89. The number of carbonyl (C=O) groups is 2. The number of nitrogens with zero attached hydrogens (tertiary/aromatic N) is 3. The molecule has 2 aliphatic heterocycles. The van der Waals surface area contributed by atoms with Gasteiger partial charge in [-0.25, -0.2) is 5.01 Å². The first-order valence-corrected chi connectivity index (χ1v) is 13.6. The lowest BCUT2D eigenvalue weighted by Crippen LogP contribution is -2.25. The third kappa shape index (κ3) is 5.72. The Morgan fingerprint density at radius 2 is 1.84 bits per heavy atom. The molecule has 0 fully saturated rings. The molecule has 3 aromatic carbocycles. The Morgan fingerprint density at radius 3 is 2.53 bits per heavy atom. The van der Waals surface area contributed by atoms with Crippen molar-refractivity contribution in [3.8, 4) is 5.75 Å². The smallest absolute Gasteiger partial charge is 0.262 e. The predicted molar refractivity (Wildman–Crippen MR) is 153 cm³/mol. The van der Waals surface area contributed by atoms with Crippen LogP contribution in [0.5, 0.6) is 5.75 Å². The normalized spacial score (nSPS) is 18.8. The number of rotatable bonds is 6. The lowest BCUT2D eigenvalue weighted by molar-refractivity contribution is -0.121. The summed E-state index contributed by atoms with van der Waals surface area (Å²) in [4.78, 5) is 29.8. The van der Waals surface area contributed by atoms with Gasteiger partial charge < -0.3 is 10.1 Å². The van der Waals surface area contributed by atoms with Crippen LogP contribution in [-0.2, 0) is 9.59 Å². The van der Waals surface area contributed by atoms with Crippen LogP contribution in [0.2, 0.25) is 10.0 Å². The fourth-order valence-electron chi connectivity index (χ4n) is 4.24. The number of anilines is 1. The van der Waals surface area contributed by atoms with Crippen molar-refractivity contribution in [2.45, 2.75) is 31.1 Å². The zero-order valence-electron chi connectivity index (χ0n) is 20.7. The maximum atomic E-state index is 12.8. The molecule has 194 valence electrons. The molecule has 2 aliphatic rings. The highest BCUT2D eigenvalue weighted by Crippen LogP contribution is 2.39. The third-order valence-corrected chi connectivity index (χ3v) is 8.14. The molecule has 38 heavy (non-hydrogen) atoms. The van der Waals surface area contributed by atoms with Crippen LogP contribution in [-0.4, -0.2) is 40.1 Å². The molecule has 5 rings (SSSR count). The number of amides is 2. The van der Waals surface area contributed by atoms with Crippen molar-refractivity contribution < 1.29 is 14.3 Å². The van der Waals surface area contributed by atoms with E-state index < -0.39 is 5.25 Å². The Hall–Kier alpha value is -3.33. The topological polar surface area (TPSA) is 83.4 Å². The van der Waals surface area contributed by atoms with Crippen LogP contribution in [0.4, 0.5) is 5.69 Å². The Kier molecular flexibility index (Phi) is 7.74. The van der Waals surface area contributed by atoms with Crippen LogP contribution in [0, 0.1) is 6.92 Å². The van der Waals surface area contributed by atoms with Crippen molar-refractivity contribution in [3.63, 3.8) is 0 Å². The van der Waals surface area contributed by atoms with Crippen molar-refractivity contribution in [3.05, 3.63) is 93.5 Å². The minimum Gasteiger partial charge on any atom is -0.497 e. The molecule has 2 amide bonds. The average Bonchev–Trinajstić information content (AvgIpc) is 3.50. The number of hydrogen-bond donors (Lipinski definition) is 1. The number of amidine groups is 1. The minimum absolute atomic E-state index is 0.0171. The molecule has 0 saturated heterocycles. The second-order valence-electron chi connectivity index (χ2n) is 8.95. The van der Waals surface area contributed by atoms with E-state index >= 15 is 0 Å². The second-order valence-corrected chi connectivity index (χ2v) is 11.0. The summed E-state index contributed by atoms with van der Waals surface area (Å²) < 4.78 is 5.31. The van der Waals surface area contributed by atoms with Crippen LogP contribution in [0.3, 0.4) is 0 Å². The van der Waals surface area contributed by atoms with E-state index in [4.69, 9.17) is 33.0 Å². The van der Waals surface area contributed by atoms with Gasteiger partial charge in [-0.15, -0.1) is 0 Å². The molecule has 0 bridgehead atoms. The van der Waals surface area contributed by atoms with Gasteiger partial charge in [0.1, 0.15) is 11.0 Å². The van der Waals surface area contributed by atoms with Crippen LogP contribution in [0.25, 0.3) is 0 Å². The van der Waals surface area contributed by atoms with Gasteiger partial charge in [-0.2, -0.15) is 10.1 Å². The number of methoxy groups -OCH3 is 1. The number of halogens is 2. The van der Waals surface area contributed by atoms with Gasteiger partial charge in [0.05, 0.1) is 18.9 Å². The molecule has 0 spiro atoms. The Morgan fingerprint density at radius 1 is 1.11 bits per heavy atom. The molecular weight excluding hydrogens is 543 g/mol. The number of carbonyl (C=O) groups excluding carboxylic acids is 2. The van der Waals surface area contributed by atoms with Crippen molar-refractivity contribution in [1.82, 2.24) is 5.01 Å². The number of hydrazone groups is 1. The van der Waals surface area contributed by atoms with Crippen LogP contribution in [0.15, 0.2) is 76.8 Å². The summed E-state index contributed by atoms with van der Waals surface area (Å²) in [5.74, 6) is 0.109. The minimum atomic E-state index is -0.641. The number of benzene rings is 3. The number of ether oxygens (including phenoxy) is 1. The number of aryl methyl sites for hydroxylation is 1. The molecule has 7 nitrogen and oxygen atoms in total. The quantitative estimate of drug-likeness (QED) is 0.368. The highest BCUT2D eigenvalue weighted by atomic mass is 35.5. The summed E-state index contributed by atoms with van der Waals surface area (Å²) >= 11 is 13.5. The SMILES string of the molecule is COc1ccc(C2CC(c3ccc(Cl)cc3)=NN2C2=NC(=O)C(CC(=O)Nc3ccc(C)c(Cl)c3)S2)cc1. The summed E-state index contributed by atoms with van der Waals surface area (Å²) in [6, 6.07) is 20.4. The highest BCUT2D eigenvalue weighted by Gasteiger charge is 2.39. The van der Waals surface area contributed by atoms with Crippen LogP contribution < -0.4 is 10.1 Å². The number of aliphatic imine (C=N–C) groups is 1. The molecule has 0 aliphatic carbocycles. The molecule has 3 aromatic rings. The maximum Gasteiger partial charge on any atom is 0.262 e. The average molecular weight is 567 g/mol. The molecular formula is C28H24Cl2N4O3S. The first-order chi connectivity index (χ1) is 18.3. The molecule has 2 unspecified atom stereocenters. The summed E-state index contributed by atoms with van der Waals surface area (Å²) in [7, 11) is 1.62. The summed E-state index contributed by atoms with van der Waals surface area (Å²) in [5.41, 5.74) is 4.30. The molecule has 2 atom stereocenters. The lowest BCUT2D eigenvalue weighted by atomic mass is 9.98. The Balaban J connectivity index is 1.34. The zero-order chi connectivity index (χ0) is 26.8. The van der Waals surface area contributed by atoms with Crippen molar-refractivity contribution in [1.29, 1.82) is 0 Å². The summed E-state index contributed by atoms with van der Waals surface area (Å²) in [6.07, 6.45) is 0.595. The van der Waals surface area contributed by atoms with Gasteiger partial charge in [0, 0.05) is 28.6 Å². The third-order valence-electron chi connectivity index (χ3n) is 6.34. The van der Waals surface area contributed by atoms with Gasteiger partial charge >= 0.3 is 0 Å². The largest absolute Gasteiger partial charge is 0.497 e. The van der Waals surface area contributed by atoms with E-state index in [1.54, 1.807) is 24.3 Å². The highest BCUT2D eigenvalue weighted by molar-refractivity contribution is 8.15. The van der Waals surface area contributed by atoms with Gasteiger partial charge in [-0.3, -0.25) is 9.59 Å². The van der Waals surface area contributed by atoms with Gasteiger partial charge in [0.2, 0.25) is 5.91 Å². The van der Waals surface area contributed by atoms with Gasteiger partial charge in [-0.05, 0) is 60.0 Å². The van der Waals surface area contributed by atoms with E-state index in [2.05, 4.69) is 10.3 Å². The van der Waals surface area contributed by atoms with Gasteiger partial charge in [0.25, 0.3) is 5.91 Å². The van der Waals surface area contributed by atoms with Crippen molar-refractivity contribution in [2.24, 2.45) is 10.1 Å². The fourth-order valence-corrected chi connectivity index (χ4v) is 5.61. The lowest BCUT2D eigenvalue weighted by Gasteiger charge is -2.23. The van der Waals surface area contributed by atoms with E-state index in [1.807, 2.05) is 61.5 Å². The van der Waals surface area contributed by atoms with E-state index in [9.17, 15) is 9.59 Å². The van der Waals surface area contributed by atoms with Gasteiger partial charge in [-0.1, -0.05) is 65.3 Å². The first-order valence-electron chi connectivity index (χ1n) is 11.9. The van der Waals surface area contributed by atoms with E-state index in [0.717, 1.165) is 28.2 Å².